The van der Waals surface area contributed by atoms with Crippen LogP contribution in [0.15, 0.2) is 11.8 Å². The Morgan fingerprint density at radius 1 is 1.40 bits per heavy atom. The van der Waals surface area contributed by atoms with Gasteiger partial charge < -0.3 is 10.0 Å². The van der Waals surface area contributed by atoms with Crippen LogP contribution in [0.3, 0.4) is 0 Å². The molecule has 0 aliphatic heterocycles. The number of hydrogen-bond acceptors (Lipinski definition) is 3. The maximum absolute atomic E-state index is 12.3. The highest BCUT2D eigenvalue weighted by atomic mass is 16.4. The van der Waals surface area contributed by atoms with Gasteiger partial charge in [-0.15, -0.1) is 0 Å². The average molecular weight is 282 g/mol. The molecule has 0 fully saturated rings. The van der Waals surface area contributed by atoms with Gasteiger partial charge in [-0.2, -0.15) is 0 Å². The first-order chi connectivity index (χ1) is 9.41. The van der Waals surface area contributed by atoms with Crippen LogP contribution in [0.2, 0.25) is 0 Å². The molecule has 5 heteroatoms. The largest absolute Gasteiger partial charge is 0.481 e. The fraction of sp³-hybridized carbons (Fsp3) is 0.733. The van der Waals surface area contributed by atoms with Crippen molar-refractivity contribution in [2.45, 2.75) is 52.0 Å². The Hall–Kier alpha value is -1.36. The lowest BCUT2D eigenvalue weighted by atomic mass is 10.2. The molecule has 1 aliphatic rings. The van der Waals surface area contributed by atoms with Crippen LogP contribution in [0, 0.1) is 0 Å². The molecule has 20 heavy (non-hydrogen) atoms. The van der Waals surface area contributed by atoms with Gasteiger partial charge in [0, 0.05) is 25.2 Å². The molecular formula is C15H26N2O3. The number of carboxylic acid groups (broad SMARTS) is 1. The standard InChI is InChI=1S/C15H26N2O3/c1-12(2)17(10-6-9-15(19)20)11-14(18)16(3)13-7-4-5-8-13/h7,12H,4-6,8-11H2,1-3H3,(H,19,20). The molecule has 0 aromatic heterocycles. The monoisotopic (exact) mass is 282 g/mol. The molecule has 0 spiro atoms. The third kappa shape index (κ3) is 5.33. The minimum absolute atomic E-state index is 0.0853. The minimum Gasteiger partial charge on any atom is -0.481 e. The van der Waals surface area contributed by atoms with Crippen molar-refractivity contribution < 1.29 is 14.7 Å². The van der Waals surface area contributed by atoms with Crippen LogP contribution < -0.4 is 0 Å². The highest BCUT2D eigenvalue weighted by molar-refractivity contribution is 5.79. The van der Waals surface area contributed by atoms with Crippen molar-refractivity contribution in [1.29, 1.82) is 0 Å². The number of hydrogen-bond donors (Lipinski definition) is 1. The van der Waals surface area contributed by atoms with Gasteiger partial charge in [0.25, 0.3) is 0 Å². The number of carbonyl (C=O) groups excluding carboxylic acids is 1. The summed E-state index contributed by atoms with van der Waals surface area (Å²) in [6.45, 7) is 5.06. The number of likely N-dealkylation sites (N-methyl/N-ethyl adjacent to an activating group) is 1. The fourth-order valence-electron chi connectivity index (χ4n) is 2.35. The summed E-state index contributed by atoms with van der Waals surface area (Å²) < 4.78 is 0. The van der Waals surface area contributed by atoms with Crippen LogP contribution in [0.4, 0.5) is 0 Å². The van der Waals surface area contributed by atoms with E-state index in [4.69, 9.17) is 5.11 Å². The molecule has 1 rings (SSSR count). The van der Waals surface area contributed by atoms with Gasteiger partial charge >= 0.3 is 5.97 Å². The summed E-state index contributed by atoms with van der Waals surface area (Å²) in [4.78, 5) is 26.6. The quantitative estimate of drug-likeness (QED) is 0.740. The van der Waals surface area contributed by atoms with E-state index < -0.39 is 5.97 Å². The van der Waals surface area contributed by atoms with E-state index in [1.165, 1.54) is 0 Å². The Morgan fingerprint density at radius 3 is 2.60 bits per heavy atom. The van der Waals surface area contributed by atoms with Gasteiger partial charge in [-0.3, -0.25) is 14.5 Å². The maximum atomic E-state index is 12.3. The van der Waals surface area contributed by atoms with E-state index in [2.05, 4.69) is 6.08 Å². The van der Waals surface area contributed by atoms with Gasteiger partial charge in [-0.25, -0.2) is 0 Å². The van der Waals surface area contributed by atoms with Gasteiger partial charge in [-0.1, -0.05) is 6.08 Å². The van der Waals surface area contributed by atoms with Crippen LogP contribution in [-0.2, 0) is 9.59 Å². The number of amides is 1. The molecule has 0 aromatic carbocycles. The van der Waals surface area contributed by atoms with Crippen LogP contribution >= 0.6 is 0 Å². The van der Waals surface area contributed by atoms with Crippen molar-refractivity contribution in [3.63, 3.8) is 0 Å². The number of rotatable bonds is 8. The topological polar surface area (TPSA) is 60.9 Å². The normalized spacial score (nSPS) is 14.8. The van der Waals surface area contributed by atoms with Crippen LogP contribution in [-0.4, -0.2) is 53.0 Å². The first kappa shape index (κ1) is 16.7. The van der Waals surface area contributed by atoms with Crippen molar-refractivity contribution in [2.75, 3.05) is 20.1 Å². The third-order valence-electron chi connectivity index (χ3n) is 3.73. The highest BCUT2D eigenvalue weighted by Crippen LogP contribution is 2.20. The maximum Gasteiger partial charge on any atom is 0.303 e. The fourth-order valence-corrected chi connectivity index (χ4v) is 2.35. The summed E-state index contributed by atoms with van der Waals surface area (Å²) in [6.07, 6.45) is 6.01. The van der Waals surface area contributed by atoms with Crippen molar-refractivity contribution in [2.24, 2.45) is 0 Å². The molecule has 0 saturated carbocycles. The minimum atomic E-state index is -0.784. The Labute approximate surface area is 121 Å². The molecule has 0 heterocycles. The zero-order valence-electron chi connectivity index (χ0n) is 12.8. The average Bonchev–Trinajstić information content (AvgIpc) is 2.89. The van der Waals surface area contributed by atoms with Gasteiger partial charge in [0.1, 0.15) is 0 Å². The van der Waals surface area contributed by atoms with Crippen molar-refractivity contribution >= 4 is 11.9 Å². The summed E-state index contributed by atoms with van der Waals surface area (Å²) in [7, 11) is 1.83. The second-order valence-corrected chi connectivity index (χ2v) is 5.60. The highest BCUT2D eigenvalue weighted by Gasteiger charge is 2.20. The van der Waals surface area contributed by atoms with Gasteiger partial charge in [0.05, 0.1) is 6.54 Å². The molecule has 0 saturated heterocycles. The smallest absolute Gasteiger partial charge is 0.303 e. The van der Waals surface area contributed by atoms with Crippen molar-refractivity contribution in [3.8, 4) is 0 Å². The lowest BCUT2D eigenvalue weighted by Gasteiger charge is -2.28. The summed E-state index contributed by atoms with van der Waals surface area (Å²) in [6, 6.07) is 0.235. The van der Waals surface area contributed by atoms with Gasteiger partial charge in [0.2, 0.25) is 5.91 Å². The van der Waals surface area contributed by atoms with E-state index in [1.807, 2.05) is 25.8 Å². The van der Waals surface area contributed by atoms with Gasteiger partial charge in [-0.05, 0) is 46.1 Å². The van der Waals surface area contributed by atoms with Crippen molar-refractivity contribution in [1.82, 2.24) is 9.80 Å². The number of nitrogens with zero attached hydrogens (tertiary/aromatic N) is 2. The van der Waals surface area contributed by atoms with Crippen molar-refractivity contribution in [3.05, 3.63) is 11.8 Å². The molecule has 1 aliphatic carbocycles. The summed E-state index contributed by atoms with van der Waals surface area (Å²) in [5, 5.41) is 8.68. The molecular weight excluding hydrogens is 256 g/mol. The molecule has 0 radical (unpaired) electrons. The number of carbonyl (C=O) groups is 2. The first-order valence-electron chi connectivity index (χ1n) is 7.33. The van der Waals surface area contributed by atoms with E-state index >= 15 is 0 Å². The molecule has 1 amide bonds. The van der Waals surface area contributed by atoms with E-state index in [9.17, 15) is 9.59 Å². The lowest BCUT2D eigenvalue weighted by Crippen LogP contribution is -2.41. The Balaban J connectivity index is 2.47. The lowest BCUT2D eigenvalue weighted by molar-refractivity contribution is -0.137. The molecule has 0 unspecified atom stereocenters. The van der Waals surface area contributed by atoms with E-state index in [1.54, 1.807) is 4.90 Å². The Morgan fingerprint density at radius 2 is 2.10 bits per heavy atom. The number of carboxylic acids is 1. The Bertz CT molecular complexity index is 377. The summed E-state index contributed by atoms with van der Waals surface area (Å²) in [5.74, 6) is -0.699. The summed E-state index contributed by atoms with van der Waals surface area (Å²) in [5.41, 5.74) is 1.12. The second kappa shape index (κ2) is 8.04. The van der Waals surface area contributed by atoms with Crippen LogP contribution in [0.25, 0.3) is 0 Å². The van der Waals surface area contributed by atoms with Crippen LogP contribution in [0.1, 0.15) is 46.0 Å². The zero-order chi connectivity index (χ0) is 15.1. The number of allylic oxidation sites excluding steroid dienone is 2. The first-order valence-corrected chi connectivity index (χ1v) is 7.33. The van der Waals surface area contributed by atoms with E-state index in [-0.39, 0.29) is 18.4 Å². The zero-order valence-corrected chi connectivity index (χ0v) is 12.8. The Kier molecular flexibility index (Phi) is 6.71. The van der Waals surface area contributed by atoms with E-state index in [0.717, 1.165) is 25.0 Å². The number of aliphatic carboxylic acids is 1. The molecule has 0 aromatic rings. The second-order valence-electron chi connectivity index (χ2n) is 5.60. The predicted octanol–water partition coefficient (Wildman–Crippen LogP) is 2.09. The third-order valence-corrected chi connectivity index (χ3v) is 3.73. The molecule has 1 N–H and O–H groups in total. The predicted molar refractivity (Wildman–Crippen MR) is 78.3 cm³/mol. The summed E-state index contributed by atoms with van der Waals surface area (Å²) >= 11 is 0. The molecule has 0 bridgehead atoms. The van der Waals surface area contributed by atoms with E-state index in [0.29, 0.717) is 19.5 Å². The molecule has 114 valence electrons. The molecule has 5 nitrogen and oxygen atoms in total. The van der Waals surface area contributed by atoms with Gasteiger partial charge in [0.15, 0.2) is 0 Å². The van der Waals surface area contributed by atoms with Crippen LogP contribution in [0.5, 0.6) is 0 Å². The SMILES string of the molecule is CC(C)N(CCCC(=O)O)CC(=O)N(C)C1=CCCC1. The molecule has 0 atom stereocenters.